The number of allylic oxidation sites excluding steroid dienone is 1. The average Bonchev–Trinajstić information content (AvgIpc) is 3.22. The van der Waals surface area contributed by atoms with Gasteiger partial charge in [-0.15, -0.1) is 0 Å². The molecule has 0 aliphatic rings. The van der Waals surface area contributed by atoms with Crippen LogP contribution in [0.15, 0.2) is 57.0 Å². The maximum absolute atomic E-state index is 13.8. The van der Waals surface area contributed by atoms with Crippen LogP contribution in [0.1, 0.15) is 22.8 Å². The van der Waals surface area contributed by atoms with Crippen molar-refractivity contribution in [1.82, 2.24) is 15.1 Å². The third kappa shape index (κ3) is 4.17. The number of alkyl halides is 1. The van der Waals surface area contributed by atoms with Gasteiger partial charge in [-0.2, -0.15) is 4.39 Å². The molecule has 2 aromatic heterocycles. The molecular formula is C18H14F3N5O2. The Kier molecular flexibility index (Phi) is 5.68. The fourth-order valence-corrected chi connectivity index (χ4v) is 2.29. The summed E-state index contributed by atoms with van der Waals surface area (Å²) >= 11 is 0. The number of benzene rings is 1. The number of hydrogen-bond donors (Lipinski definition) is 2. The second-order valence-corrected chi connectivity index (χ2v) is 5.59. The summed E-state index contributed by atoms with van der Waals surface area (Å²) in [4.78, 5) is 21.6. The van der Waals surface area contributed by atoms with Crippen molar-refractivity contribution in [3.8, 4) is 0 Å². The number of nitrogens with zero attached hydrogens (tertiary/aromatic N) is 3. The largest absolute Gasteiger partial charge is 0.396 e. The smallest absolute Gasteiger partial charge is 0.287 e. The molecule has 10 heteroatoms. The molecule has 0 aliphatic heterocycles. The van der Waals surface area contributed by atoms with Crippen LogP contribution in [0.2, 0.25) is 0 Å². The van der Waals surface area contributed by atoms with Crippen LogP contribution in [0, 0.1) is 11.6 Å². The lowest BCUT2D eigenvalue weighted by atomic mass is 10.2. The molecule has 3 rings (SSSR count). The summed E-state index contributed by atoms with van der Waals surface area (Å²) in [6.07, 6.45) is 2.59. The van der Waals surface area contributed by atoms with E-state index >= 15 is 0 Å². The number of rotatable bonds is 6. The van der Waals surface area contributed by atoms with Gasteiger partial charge in [-0.3, -0.25) is 9.79 Å². The number of hydrogen-bond acceptors (Lipinski definition) is 6. The van der Waals surface area contributed by atoms with E-state index in [1.807, 2.05) is 0 Å². The van der Waals surface area contributed by atoms with Crippen molar-refractivity contribution in [2.24, 2.45) is 10.7 Å². The summed E-state index contributed by atoms with van der Waals surface area (Å²) in [7, 11) is 0. The molecule has 1 aromatic carbocycles. The molecule has 3 N–H and O–H groups in total. The zero-order valence-corrected chi connectivity index (χ0v) is 14.3. The molecule has 0 aliphatic carbocycles. The third-order valence-electron chi connectivity index (χ3n) is 3.70. The summed E-state index contributed by atoms with van der Waals surface area (Å²) in [5.41, 5.74) is 4.79. The Hall–Kier alpha value is -3.69. The lowest BCUT2D eigenvalue weighted by molar-refractivity contribution is 0.418. The zero-order chi connectivity index (χ0) is 20.1. The van der Waals surface area contributed by atoms with Crippen molar-refractivity contribution in [3.05, 3.63) is 87.4 Å². The van der Waals surface area contributed by atoms with E-state index in [2.05, 4.69) is 20.1 Å². The molecule has 0 fully saturated rings. The molecule has 144 valence electrons. The minimum atomic E-state index is -1.32. The number of aromatic nitrogens is 3. The zero-order valence-electron chi connectivity index (χ0n) is 14.3. The summed E-state index contributed by atoms with van der Waals surface area (Å²) in [6, 6.07) is 7.59. The standard InChI is InChI=1S/C18H14F3N5O2/c19-8-15-16(21)18(27)25-17(24-15)12(22)7-14(13-5-6-28-26-13)23-9-10-3-1-2-4-11(10)20/h1-7H,8-9,22H2,(H,24,25,27)/b12-7-,23-14?. The first-order chi connectivity index (χ1) is 13.5. The van der Waals surface area contributed by atoms with Crippen LogP contribution in [0.3, 0.4) is 0 Å². The Morgan fingerprint density at radius 3 is 2.75 bits per heavy atom. The van der Waals surface area contributed by atoms with Crippen LogP contribution in [-0.4, -0.2) is 20.8 Å². The van der Waals surface area contributed by atoms with Crippen molar-refractivity contribution in [2.75, 3.05) is 0 Å². The van der Waals surface area contributed by atoms with Gasteiger partial charge in [-0.1, -0.05) is 23.4 Å². The Morgan fingerprint density at radius 2 is 2.07 bits per heavy atom. The highest BCUT2D eigenvalue weighted by molar-refractivity contribution is 6.10. The molecule has 0 unspecified atom stereocenters. The number of aliphatic imine (C=N–C) groups is 1. The van der Waals surface area contributed by atoms with Gasteiger partial charge in [0.1, 0.15) is 30.1 Å². The predicted molar refractivity (Wildman–Crippen MR) is 94.9 cm³/mol. The minimum absolute atomic E-state index is 0.0260. The maximum Gasteiger partial charge on any atom is 0.287 e. The summed E-state index contributed by atoms with van der Waals surface area (Å²) in [5, 5.41) is 3.75. The number of H-pyrrole nitrogens is 1. The van der Waals surface area contributed by atoms with Crippen LogP contribution in [0.25, 0.3) is 5.70 Å². The van der Waals surface area contributed by atoms with E-state index in [0.717, 1.165) is 0 Å². The maximum atomic E-state index is 13.8. The molecular weight excluding hydrogens is 375 g/mol. The van der Waals surface area contributed by atoms with Gasteiger partial charge in [-0.25, -0.2) is 13.8 Å². The van der Waals surface area contributed by atoms with E-state index in [-0.39, 0.29) is 29.5 Å². The first-order valence-corrected chi connectivity index (χ1v) is 8.00. The van der Waals surface area contributed by atoms with E-state index in [1.165, 1.54) is 24.5 Å². The number of nitrogens with two attached hydrogens (primary N) is 1. The number of aromatic amines is 1. The molecule has 3 aromatic rings. The topological polar surface area (TPSA) is 110 Å². The fourth-order valence-electron chi connectivity index (χ4n) is 2.29. The molecule has 0 saturated heterocycles. The first kappa shape index (κ1) is 19.1. The molecule has 2 heterocycles. The minimum Gasteiger partial charge on any atom is -0.396 e. The summed E-state index contributed by atoms with van der Waals surface area (Å²) in [6.45, 7) is -1.30. The summed E-state index contributed by atoms with van der Waals surface area (Å²) in [5.74, 6) is -1.98. The molecule has 28 heavy (non-hydrogen) atoms. The van der Waals surface area contributed by atoms with Gasteiger partial charge in [0.2, 0.25) is 5.82 Å². The Morgan fingerprint density at radius 1 is 1.29 bits per heavy atom. The summed E-state index contributed by atoms with van der Waals surface area (Å²) < 4.78 is 44.9. The van der Waals surface area contributed by atoms with E-state index in [9.17, 15) is 18.0 Å². The molecule has 0 bridgehead atoms. The van der Waals surface area contributed by atoms with Crippen molar-refractivity contribution in [2.45, 2.75) is 13.2 Å². The van der Waals surface area contributed by atoms with Crippen molar-refractivity contribution in [1.29, 1.82) is 0 Å². The SMILES string of the molecule is N/C(=C\C(=NCc1ccccc1F)c1ccon1)c1nc(CF)c(F)c(=O)[nH]1. The Balaban J connectivity index is 2.00. The Bertz CT molecular complexity index is 1090. The highest BCUT2D eigenvalue weighted by atomic mass is 19.1. The highest BCUT2D eigenvalue weighted by Crippen LogP contribution is 2.12. The second kappa shape index (κ2) is 8.33. The van der Waals surface area contributed by atoms with Crippen molar-refractivity contribution in [3.63, 3.8) is 0 Å². The third-order valence-corrected chi connectivity index (χ3v) is 3.70. The molecule has 0 radical (unpaired) electrons. The number of halogens is 3. The predicted octanol–water partition coefficient (Wildman–Crippen LogP) is 2.49. The van der Waals surface area contributed by atoms with Gasteiger partial charge in [0.05, 0.1) is 18.0 Å². The van der Waals surface area contributed by atoms with Crippen molar-refractivity contribution >= 4 is 11.4 Å². The van der Waals surface area contributed by atoms with Crippen LogP contribution < -0.4 is 11.3 Å². The Labute approximate surface area is 156 Å². The number of nitrogens with one attached hydrogen (secondary N) is 1. The lowest BCUT2D eigenvalue weighted by Gasteiger charge is -2.05. The van der Waals surface area contributed by atoms with Gasteiger partial charge < -0.3 is 15.2 Å². The second-order valence-electron chi connectivity index (χ2n) is 5.59. The van der Waals surface area contributed by atoms with E-state index in [0.29, 0.717) is 5.56 Å². The van der Waals surface area contributed by atoms with Gasteiger partial charge in [0.25, 0.3) is 5.56 Å². The quantitative estimate of drug-likeness (QED) is 0.630. The first-order valence-electron chi connectivity index (χ1n) is 8.00. The monoisotopic (exact) mass is 389 g/mol. The molecule has 7 nitrogen and oxygen atoms in total. The average molecular weight is 389 g/mol. The van der Waals surface area contributed by atoms with Gasteiger partial charge in [0.15, 0.2) is 5.82 Å². The van der Waals surface area contributed by atoms with Crippen LogP contribution in [0.5, 0.6) is 0 Å². The fraction of sp³-hybridized carbons (Fsp3) is 0.111. The molecule has 0 amide bonds. The van der Waals surface area contributed by atoms with Crippen molar-refractivity contribution < 1.29 is 17.7 Å². The van der Waals surface area contributed by atoms with Crippen LogP contribution in [-0.2, 0) is 13.2 Å². The van der Waals surface area contributed by atoms with Gasteiger partial charge >= 0.3 is 0 Å². The molecule has 0 saturated carbocycles. The van der Waals surface area contributed by atoms with E-state index < -0.39 is 29.6 Å². The lowest BCUT2D eigenvalue weighted by Crippen LogP contribution is -2.20. The highest BCUT2D eigenvalue weighted by Gasteiger charge is 2.14. The molecule has 0 atom stereocenters. The van der Waals surface area contributed by atoms with E-state index in [1.54, 1.807) is 18.2 Å². The van der Waals surface area contributed by atoms with Gasteiger partial charge in [0, 0.05) is 11.6 Å². The van der Waals surface area contributed by atoms with E-state index in [4.69, 9.17) is 10.3 Å². The van der Waals surface area contributed by atoms with Crippen LogP contribution in [0.4, 0.5) is 13.2 Å². The van der Waals surface area contributed by atoms with Gasteiger partial charge in [-0.05, 0) is 12.1 Å². The molecule has 0 spiro atoms. The normalized spacial score (nSPS) is 12.4. The van der Waals surface area contributed by atoms with Crippen LogP contribution >= 0.6 is 0 Å².